The van der Waals surface area contributed by atoms with Crippen LogP contribution in [0.4, 0.5) is 0 Å². The van der Waals surface area contributed by atoms with E-state index in [1.54, 1.807) is 0 Å². The number of rotatable bonds is 0. The SMILES string of the molecule is [Au+3].[Na+].[O-]S([O-])=S.[O-]S([O-])=S. The third-order valence-corrected chi connectivity index (χ3v) is 0. The normalized spacial score (nSPS) is 7.00. The van der Waals surface area contributed by atoms with Gasteiger partial charge >= 0.3 is 51.9 Å². The fourth-order valence-electron chi connectivity index (χ4n) is 0. The topological polar surface area (TPSA) is 92.2 Å². The van der Waals surface area contributed by atoms with Crippen molar-refractivity contribution in [3.63, 3.8) is 0 Å². The maximum Gasteiger partial charge on any atom is 3.00 e. The van der Waals surface area contributed by atoms with Gasteiger partial charge in [-0.1, -0.05) is 22.4 Å². The molecule has 10 heavy (non-hydrogen) atoms. The summed E-state index contributed by atoms with van der Waals surface area (Å²) in [5, 5.41) is 0. The van der Waals surface area contributed by atoms with Crippen molar-refractivity contribution in [2.24, 2.45) is 0 Å². The van der Waals surface area contributed by atoms with E-state index in [4.69, 9.17) is 18.2 Å². The Morgan fingerprint density at radius 3 is 0.800 bits per heavy atom. The van der Waals surface area contributed by atoms with E-state index in [0.717, 1.165) is 0 Å². The molecule has 0 aromatic carbocycles. The molecule has 0 amide bonds. The van der Waals surface area contributed by atoms with E-state index in [-0.39, 0.29) is 51.9 Å². The Labute approximate surface area is 111 Å². The maximum absolute atomic E-state index is 8.81. The van der Waals surface area contributed by atoms with Gasteiger partial charge in [0, 0.05) is 0 Å². The molecular weight excluding hydrogens is 412 g/mol. The molecule has 60 valence electrons. The molecule has 0 aliphatic carbocycles. The Kier molecular flexibility index (Phi) is 40.7. The molecule has 10 heteroatoms. The van der Waals surface area contributed by atoms with Gasteiger partial charge in [-0.15, -0.1) is 0 Å². The first-order valence-corrected chi connectivity index (χ1v) is 5.00. The van der Waals surface area contributed by atoms with Crippen LogP contribution in [0.5, 0.6) is 0 Å². The first-order valence-electron chi connectivity index (χ1n) is 1.00. The monoisotopic (exact) mass is 412 g/mol. The Morgan fingerprint density at radius 2 is 0.800 bits per heavy atom. The maximum atomic E-state index is 8.81. The van der Waals surface area contributed by atoms with Crippen molar-refractivity contribution in [2.45, 2.75) is 0 Å². The summed E-state index contributed by atoms with van der Waals surface area (Å²) in [4.78, 5) is 0. The van der Waals surface area contributed by atoms with Crippen molar-refractivity contribution in [1.82, 2.24) is 0 Å². The standard InChI is InChI=1S/Au.Na.2H2O2S2/c;;2*1-4(2)3/h;;2*(H2,1,2,3)/q+3;+1;;/p-4. The first-order chi connectivity index (χ1) is 3.46. The average Bonchev–Trinajstić information content (AvgIpc) is 1.25. The van der Waals surface area contributed by atoms with Gasteiger partial charge in [0.2, 0.25) is 0 Å². The molecule has 0 bridgehead atoms. The van der Waals surface area contributed by atoms with Crippen LogP contribution in [-0.4, -0.2) is 18.2 Å². The van der Waals surface area contributed by atoms with Gasteiger partial charge in [0.1, 0.15) is 0 Å². The number of hydrogen-bond donors (Lipinski definition) is 0. The molecule has 0 aliphatic rings. The molecule has 4 nitrogen and oxygen atoms in total. The summed E-state index contributed by atoms with van der Waals surface area (Å²) >= 11 is 7.07. The van der Waals surface area contributed by atoms with E-state index in [1.807, 2.05) is 0 Å². The zero-order valence-corrected chi connectivity index (χ0v) is 12.0. The van der Waals surface area contributed by atoms with Crippen LogP contribution in [0.2, 0.25) is 0 Å². The molecule has 0 saturated heterocycles. The molecule has 0 rings (SSSR count). The zero-order valence-electron chi connectivity index (χ0n) is 4.57. The van der Waals surface area contributed by atoms with Crippen molar-refractivity contribution in [2.75, 3.05) is 0 Å². The summed E-state index contributed by atoms with van der Waals surface area (Å²) in [6.07, 6.45) is 0. The van der Waals surface area contributed by atoms with E-state index in [2.05, 4.69) is 22.4 Å². The van der Waals surface area contributed by atoms with Crippen LogP contribution < -0.4 is 29.6 Å². The van der Waals surface area contributed by atoms with Gasteiger partial charge < -0.3 is 38.2 Å². The molecule has 0 radical (unpaired) electrons. The smallest absolute Gasteiger partial charge is 0.806 e. The van der Waals surface area contributed by atoms with Crippen LogP contribution in [0.15, 0.2) is 0 Å². The fourth-order valence-corrected chi connectivity index (χ4v) is 0. The van der Waals surface area contributed by atoms with E-state index in [0.29, 0.717) is 0 Å². The van der Waals surface area contributed by atoms with Crippen LogP contribution in [0.3, 0.4) is 0 Å². The van der Waals surface area contributed by atoms with Gasteiger partial charge in [0.05, 0.1) is 0 Å². The molecular formula is AuNaO4S4. The van der Waals surface area contributed by atoms with Crippen LogP contribution in [-0.2, 0) is 64.8 Å². The van der Waals surface area contributed by atoms with Gasteiger partial charge in [-0.2, -0.15) is 0 Å². The molecule has 0 spiro atoms. The largest absolute Gasteiger partial charge is 3.00 e. The Bertz CT molecular complexity index is 75.3. The second-order valence-electron chi connectivity index (χ2n) is 0.408. The number of hydrogen-bond acceptors (Lipinski definition) is 6. The molecule has 0 N–H and O–H groups in total. The second kappa shape index (κ2) is 17.7. The quantitative estimate of drug-likeness (QED) is 0.374. The van der Waals surface area contributed by atoms with Crippen LogP contribution in [0.1, 0.15) is 0 Å². The third kappa shape index (κ3) is 137. The second-order valence-corrected chi connectivity index (χ2v) is 2.86. The zero-order chi connectivity index (χ0) is 7.15. The van der Waals surface area contributed by atoms with E-state index >= 15 is 0 Å². The summed E-state index contributed by atoms with van der Waals surface area (Å²) in [5.41, 5.74) is 0. The minimum absolute atomic E-state index is 0. The van der Waals surface area contributed by atoms with Crippen LogP contribution in [0.25, 0.3) is 0 Å². The molecule has 0 fully saturated rings. The van der Waals surface area contributed by atoms with Crippen LogP contribution in [0, 0.1) is 0 Å². The van der Waals surface area contributed by atoms with Gasteiger partial charge in [-0.3, -0.25) is 0 Å². The molecule has 0 aromatic rings. The van der Waals surface area contributed by atoms with Crippen molar-refractivity contribution in [3.8, 4) is 0 Å². The minimum atomic E-state index is -2.28. The molecule has 0 atom stereocenters. The Balaban J connectivity index is -0.0000000300. The van der Waals surface area contributed by atoms with Crippen molar-refractivity contribution in [3.05, 3.63) is 0 Å². The predicted molar refractivity (Wildman–Crippen MR) is 32.6 cm³/mol. The first kappa shape index (κ1) is 23.0. The van der Waals surface area contributed by atoms with E-state index in [9.17, 15) is 0 Å². The summed E-state index contributed by atoms with van der Waals surface area (Å²) in [6.45, 7) is 0. The van der Waals surface area contributed by atoms with E-state index < -0.39 is 20.0 Å². The molecule has 0 aromatic heterocycles. The molecule has 0 aliphatic heterocycles. The minimum Gasteiger partial charge on any atom is -0.806 e. The summed E-state index contributed by atoms with van der Waals surface area (Å²) in [5.74, 6) is 0. The third-order valence-electron chi connectivity index (χ3n) is 0. The summed E-state index contributed by atoms with van der Waals surface area (Å²) < 4.78 is 35.3. The van der Waals surface area contributed by atoms with Crippen molar-refractivity contribution >= 4 is 42.4 Å². The Hall–Kier alpha value is 2.72. The average molecular weight is 412 g/mol. The van der Waals surface area contributed by atoms with Gasteiger partial charge in [0.25, 0.3) is 0 Å². The van der Waals surface area contributed by atoms with Crippen LogP contribution >= 0.6 is 0 Å². The molecule has 0 unspecified atom stereocenters. The Morgan fingerprint density at radius 1 is 0.800 bits per heavy atom. The van der Waals surface area contributed by atoms with Crippen molar-refractivity contribution in [1.29, 1.82) is 0 Å². The van der Waals surface area contributed by atoms with Gasteiger partial charge in [-0.25, -0.2) is 0 Å². The summed E-state index contributed by atoms with van der Waals surface area (Å²) in [6, 6.07) is 0. The van der Waals surface area contributed by atoms with E-state index in [1.165, 1.54) is 0 Å². The van der Waals surface area contributed by atoms with Gasteiger partial charge in [-0.05, 0) is 0 Å². The van der Waals surface area contributed by atoms with Gasteiger partial charge in [0.15, 0.2) is 0 Å². The fraction of sp³-hybridized carbons (Fsp3) is 0. The predicted octanol–water partition coefficient (Wildman–Crippen LogP) is -4.34. The molecule has 0 heterocycles. The molecule has 0 saturated carbocycles. The summed E-state index contributed by atoms with van der Waals surface area (Å²) in [7, 11) is -4.56. The van der Waals surface area contributed by atoms with Crippen molar-refractivity contribution < 1.29 is 70.1 Å².